The number of carbonyl (C=O) groups excluding carboxylic acids is 2. The van der Waals surface area contributed by atoms with E-state index in [1.54, 1.807) is 0 Å². The van der Waals surface area contributed by atoms with Crippen LogP contribution in [0.3, 0.4) is 0 Å². The van der Waals surface area contributed by atoms with Crippen molar-refractivity contribution in [2.45, 2.75) is 70.6 Å². The molecule has 0 aromatic rings. The summed E-state index contributed by atoms with van der Waals surface area (Å²) in [6.45, 7) is 7.31. The van der Waals surface area contributed by atoms with Crippen LogP contribution < -0.4 is 0 Å². The third-order valence-electron chi connectivity index (χ3n) is 7.08. The van der Waals surface area contributed by atoms with Gasteiger partial charge in [-0.2, -0.15) is 0 Å². The van der Waals surface area contributed by atoms with Gasteiger partial charge in [-0.25, -0.2) is 0 Å². The summed E-state index contributed by atoms with van der Waals surface area (Å²) in [5, 5.41) is 10.9. The van der Waals surface area contributed by atoms with Crippen LogP contribution in [0.5, 0.6) is 0 Å². The number of rotatable bonds is 3. The van der Waals surface area contributed by atoms with Crippen molar-refractivity contribution >= 4 is 11.9 Å². The fraction of sp³-hybridized carbons (Fsp3) is 0.789. The Hall–Kier alpha value is -1.44. The van der Waals surface area contributed by atoms with E-state index in [1.165, 1.54) is 19.4 Å². The summed E-state index contributed by atoms with van der Waals surface area (Å²) in [5.74, 6) is -0.830. The topological polar surface area (TPSA) is 94.6 Å². The Labute approximate surface area is 152 Å². The third kappa shape index (κ3) is 2.05. The van der Waals surface area contributed by atoms with E-state index in [9.17, 15) is 14.7 Å². The molecule has 144 valence electrons. The van der Waals surface area contributed by atoms with Gasteiger partial charge in [0.15, 0.2) is 0 Å². The minimum atomic E-state index is -0.986. The first-order valence-corrected chi connectivity index (χ1v) is 9.13. The Morgan fingerprint density at radius 3 is 2.62 bits per heavy atom. The molecular weight excluding hydrogens is 340 g/mol. The van der Waals surface area contributed by atoms with Crippen LogP contribution in [0.15, 0.2) is 11.6 Å². The molecule has 2 bridgehead atoms. The quantitative estimate of drug-likeness (QED) is 0.454. The van der Waals surface area contributed by atoms with Crippen LogP contribution in [0.25, 0.3) is 0 Å². The maximum absolute atomic E-state index is 11.8. The van der Waals surface area contributed by atoms with Gasteiger partial charge in [-0.05, 0) is 19.8 Å². The van der Waals surface area contributed by atoms with Crippen molar-refractivity contribution in [2.75, 3.05) is 13.2 Å². The standard InChI is InChI=1S/C19H26O7/c1-10-5-6-18(8-23-11(2)20)13(7-10)26-16-14(22)15(25-12(3)21)17(18,4)19(16)9-24-19/h7,13-16,22H,5-6,8-9H2,1-4H3/t13-,14+,15+,16-,17-,18+,19-/m0/s1. The molecule has 0 aromatic heterocycles. The molecule has 0 amide bonds. The molecule has 1 spiro atoms. The molecular formula is C19H26O7. The fourth-order valence-corrected chi connectivity index (χ4v) is 5.60. The molecule has 4 rings (SSSR count). The lowest BCUT2D eigenvalue weighted by atomic mass is 9.51. The van der Waals surface area contributed by atoms with Gasteiger partial charge in [0.25, 0.3) is 0 Å². The monoisotopic (exact) mass is 366 g/mol. The van der Waals surface area contributed by atoms with E-state index in [4.69, 9.17) is 18.9 Å². The van der Waals surface area contributed by atoms with Crippen LogP contribution in [-0.2, 0) is 28.5 Å². The predicted molar refractivity (Wildman–Crippen MR) is 89.1 cm³/mol. The smallest absolute Gasteiger partial charge is 0.303 e. The largest absolute Gasteiger partial charge is 0.465 e. The Kier molecular flexibility index (Phi) is 3.82. The van der Waals surface area contributed by atoms with Crippen LogP contribution in [-0.4, -0.2) is 60.3 Å². The SMILES string of the molecule is CC(=O)OC[C@]12CCC(C)=C[C@@H]1O[C@H]1[C@H](O)[C@@H](OC(C)=O)[C@]2(C)[C@]12CO2. The maximum Gasteiger partial charge on any atom is 0.303 e. The maximum atomic E-state index is 11.8. The molecule has 7 heteroatoms. The van der Waals surface area contributed by atoms with Crippen molar-refractivity contribution in [1.82, 2.24) is 0 Å². The van der Waals surface area contributed by atoms with Crippen molar-refractivity contribution in [1.29, 1.82) is 0 Å². The summed E-state index contributed by atoms with van der Waals surface area (Å²) in [6.07, 6.45) is 0.896. The van der Waals surface area contributed by atoms with Gasteiger partial charge in [0.2, 0.25) is 0 Å². The first kappa shape index (κ1) is 17.9. The first-order chi connectivity index (χ1) is 12.2. The molecule has 1 saturated carbocycles. The zero-order valence-corrected chi connectivity index (χ0v) is 15.6. The van der Waals surface area contributed by atoms with Gasteiger partial charge in [0.05, 0.1) is 18.1 Å². The molecule has 4 aliphatic rings. The molecule has 2 aliphatic heterocycles. The number of hydrogen-bond donors (Lipinski definition) is 1. The van der Waals surface area contributed by atoms with Gasteiger partial charge in [-0.1, -0.05) is 18.6 Å². The molecule has 0 unspecified atom stereocenters. The Bertz CT molecular complexity index is 681. The lowest BCUT2D eigenvalue weighted by molar-refractivity contribution is -0.233. The van der Waals surface area contributed by atoms with Gasteiger partial charge >= 0.3 is 11.9 Å². The summed E-state index contributed by atoms with van der Waals surface area (Å²) in [4.78, 5) is 23.4. The van der Waals surface area contributed by atoms with Gasteiger partial charge in [-0.15, -0.1) is 0 Å². The minimum Gasteiger partial charge on any atom is -0.465 e. The lowest BCUT2D eigenvalue weighted by Gasteiger charge is -2.58. The molecule has 7 nitrogen and oxygen atoms in total. The van der Waals surface area contributed by atoms with E-state index < -0.39 is 40.7 Å². The summed E-state index contributed by atoms with van der Waals surface area (Å²) in [7, 11) is 0. The van der Waals surface area contributed by atoms with Crippen molar-refractivity contribution < 1.29 is 33.6 Å². The van der Waals surface area contributed by atoms with Crippen LogP contribution in [0.4, 0.5) is 0 Å². The van der Waals surface area contributed by atoms with E-state index in [0.29, 0.717) is 13.0 Å². The average Bonchev–Trinajstić information content (AvgIpc) is 3.34. The second-order valence-corrected chi connectivity index (χ2v) is 8.33. The van der Waals surface area contributed by atoms with Gasteiger partial charge < -0.3 is 24.1 Å². The molecule has 1 N–H and O–H groups in total. The Balaban J connectivity index is 1.86. The molecule has 26 heavy (non-hydrogen) atoms. The number of aliphatic hydroxyl groups excluding tert-OH is 1. The van der Waals surface area contributed by atoms with Gasteiger partial charge in [0.1, 0.15) is 30.5 Å². The second kappa shape index (κ2) is 5.53. The first-order valence-electron chi connectivity index (χ1n) is 9.13. The summed E-state index contributed by atoms with van der Waals surface area (Å²) < 4.78 is 23.3. The number of fused-ring (bicyclic) bond motifs is 2. The minimum absolute atomic E-state index is 0.135. The average molecular weight is 366 g/mol. The Morgan fingerprint density at radius 2 is 2.04 bits per heavy atom. The number of carbonyl (C=O) groups is 2. The van der Waals surface area contributed by atoms with E-state index in [-0.39, 0.29) is 18.7 Å². The zero-order chi connectivity index (χ0) is 18.9. The number of allylic oxidation sites excluding steroid dienone is 1. The van der Waals surface area contributed by atoms with Crippen LogP contribution in [0.2, 0.25) is 0 Å². The summed E-state index contributed by atoms with van der Waals surface area (Å²) in [5.41, 5.74) is -0.890. The number of epoxide rings is 1. The highest BCUT2D eigenvalue weighted by Gasteiger charge is 2.85. The van der Waals surface area contributed by atoms with E-state index in [1.807, 2.05) is 13.8 Å². The molecule has 0 aromatic carbocycles. The number of hydrogen-bond acceptors (Lipinski definition) is 7. The third-order valence-corrected chi connectivity index (χ3v) is 7.08. The van der Waals surface area contributed by atoms with Crippen molar-refractivity contribution in [3.05, 3.63) is 11.6 Å². The van der Waals surface area contributed by atoms with E-state index in [0.717, 1.165) is 6.42 Å². The fourth-order valence-electron chi connectivity index (χ4n) is 5.60. The molecule has 7 atom stereocenters. The van der Waals surface area contributed by atoms with Crippen molar-refractivity contribution in [3.8, 4) is 0 Å². The normalized spacial score (nSPS) is 48.6. The predicted octanol–water partition coefficient (Wildman–Crippen LogP) is 1.12. The molecule has 3 fully saturated rings. The van der Waals surface area contributed by atoms with E-state index in [2.05, 4.69) is 6.08 Å². The molecule has 2 aliphatic carbocycles. The number of esters is 2. The summed E-state index contributed by atoms with van der Waals surface area (Å²) in [6, 6.07) is 0. The van der Waals surface area contributed by atoms with Crippen molar-refractivity contribution in [2.24, 2.45) is 10.8 Å². The van der Waals surface area contributed by atoms with Crippen molar-refractivity contribution in [3.63, 3.8) is 0 Å². The number of ether oxygens (including phenoxy) is 4. The second-order valence-electron chi connectivity index (χ2n) is 8.33. The highest BCUT2D eigenvalue weighted by molar-refractivity contribution is 5.67. The van der Waals surface area contributed by atoms with Crippen LogP contribution >= 0.6 is 0 Å². The lowest BCUT2D eigenvalue weighted by Crippen LogP contribution is -2.66. The number of aliphatic hydroxyl groups is 1. The van der Waals surface area contributed by atoms with Crippen LogP contribution in [0.1, 0.15) is 40.5 Å². The molecule has 0 radical (unpaired) electrons. The Morgan fingerprint density at radius 1 is 1.35 bits per heavy atom. The van der Waals surface area contributed by atoms with E-state index >= 15 is 0 Å². The molecule has 2 saturated heterocycles. The van der Waals surface area contributed by atoms with Gasteiger partial charge in [0, 0.05) is 19.3 Å². The molecule has 2 heterocycles. The zero-order valence-electron chi connectivity index (χ0n) is 15.6. The van der Waals surface area contributed by atoms with Gasteiger partial charge in [-0.3, -0.25) is 9.59 Å². The van der Waals surface area contributed by atoms with Crippen LogP contribution in [0, 0.1) is 10.8 Å². The summed E-state index contributed by atoms with van der Waals surface area (Å²) >= 11 is 0. The highest BCUT2D eigenvalue weighted by Crippen LogP contribution is 2.72. The highest BCUT2D eigenvalue weighted by atomic mass is 16.7.